The number of benzene rings is 3. The number of carbonyl (C=O) groups is 1. The highest BCUT2D eigenvalue weighted by Gasteiger charge is 2.33. The molecule has 168 valence electrons. The predicted molar refractivity (Wildman–Crippen MR) is 128 cm³/mol. The first-order valence-corrected chi connectivity index (χ1v) is 11.2. The molecule has 0 heterocycles. The van der Waals surface area contributed by atoms with Crippen LogP contribution in [0.2, 0.25) is 10.0 Å². The fraction of sp³-hybridized carbons (Fsp3) is 0.269. The van der Waals surface area contributed by atoms with E-state index in [1.165, 1.54) is 18.2 Å². The normalized spacial score (nSPS) is 13.3. The number of rotatable bonds is 8. The third-order valence-electron chi connectivity index (χ3n) is 5.37. The van der Waals surface area contributed by atoms with Crippen LogP contribution in [-0.4, -0.2) is 17.6 Å². The lowest BCUT2D eigenvalue weighted by atomic mass is 9.86. The average molecular weight is 474 g/mol. The number of halogens is 3. The number of amides is 1. The zero-order chi connectivity index (χ0) is 23.3. The Morgan fingerprint density at radius 1 is 1.03 bits per heavy atom. The van der Waals surface area contributed by atoms with E-state index in [-0.39, 0.29) is 28.6 Å². The Balaban J connectivity index is 1.76. The van der Waals surface area contributed by atoms with Crippen LogP contribution < -0.4 is 10.1 Å². The van der Waals surface area contributed by atoms with E-state index in [0.717, 1.165) is 17.5 Å². The SMILES string of the molecule is C[C@H](NC(=O)C(C)(C)Oc1ccc(Cl)c(F)c1)C(Cc1ccc(Cl)cc1)c1ccccc1. The molecule has 3 rings (SSSR count). The molecular weight excluding hydrogens is 448 g/mol. The second kappa shape index (κ2) is 10.4. The van der Waals surface area contributed by atoms with Crippen LogP contribution in [0, 0.1) is 5.82 Å². The van der Waals surface area contributed by atoms with E-state index in [0.29, 0.717) is 5.02 Å². The molecule has 1 amide bonds. The molecule has 0 aromatic heterocycles. The summed E-state index contributed by atoms with van der Waals surface area (Å²) in [6.45, 7) is 5.28. The quantitative estimate of drug-likeness (QED) is 0.389. The Labute approximate surface area is 198 Å². The van der Waals surface area contributed by atoms with Gasteiger partial charge in [0, 0.05) is 23.0 Å². The first-order valence-electron chi connectivity index (χ1n) is 10.4. The largest absolute Gasteiger partial charge is 0.478 e. The summed E-state index contributed by atoms with van der Waals surface area (Å²) in [6.07, 6.45) is 0.728. The maximum Gasteiger partial charge on any atom is 0.263 e. The van der Waals surface area contributed by atoms with Gasteiger partial charge in [0.05, 0.1) is 5.02 Å². The maximum absolute atomic E-state index is 13.8. The fourth-order valence-corrected chi connectivity index (χ4v) is 3.76. The molecule has 0 bridgehead atoms. The number of nitrogens with one attached hydrogen (secondary N) is 1. The minimum atomic E-state index is -1.21. The Morgan fingerprint density at radius 3 is 2.31 bits per heavy atom. The first kappa shape index (κ1) is 24.1. The summed E-state index contributed by atoms with van der Waals surface area (Å²) in [5.74, 6) is -0.621. The van der Waals surface area contributed by atoms with Gasteiger partial charge in [-0.2, -0.15) is 0 Å². The van der Waals surface area contributed by atoms with E-state index in [2.05, 4.69) is 17.4 Å². The number of hydrogen-bond donors (Lipinski definition) is 1. The van der Waals surface area contributed by atoms with Crippen molar-refractivity contribution in [2.45, 2.75) is 44.8 Å². The van der Waals surface area contributed by atoms with Gasteiger partial charge in [-0.1, -0.05) is 65.7 Å². The summed E-state index contributed by atoms with van der Waals surface area (Å²) >= 11 is 11.8. The molecule has 1 N–H and O–H groups in total. The van der Waals surface area contributed by atoms with Gasteiger partial charge in [-0.15, -0.1) is 0 Å². The zero-order valence-electron chi connectivity index (χ0n) is 18.2. The van der Waals surface area contributed by atoms with Crippen molar-refractivity contribution in [2.75, 3.05) is 0 Å². The topological polar surface area (TPSA) is 38.3 Å². The monoisotopic (exact) mass is 473 g/mol. The molecule has 0 spiro atoms. The molecule has 0 radical (unpaired) electrons. The molecule has 0 fully saturated rings. The lowest BCUT2D eigenvalue weighted by molar-refractivity contribution is -0.135. The smallest absolute Gasteiger partial charge is 0.263 e. The van der Waals surface area contributed by atoms with E-state index in [4.69, 9.17) is 27.9 Å². The fourth-order valence-electron chi connectivity index (χ4n) is 3.52. The van der Waals surface area contributed by atoms with Crippen LogP contribution in [0.15, 0.2) is 72.8 Å². The van der Waals surface area contributed by atoms with Crippen molar-refractivity contribution in [3.05, 3.63) is 99.8 Å². The van der Waals surface area contributed by atoms with E-state index in [9.17, 15) is 9.18 Å². The lowest BCUT2D eigenvalue weighted by Crippen LogP contribution is -2.51. The molecule has 32 heavy (non-hydrogen) atoms. The van der Waals surface area contributed by atoms with Crippen LogP contribution in [0.3, 0.4) is 0 Å². The molecular formula is C26H26Cl2FNO2. The number of ether oxygens (including phenoxy) is 1. The molecule has 0 aliphatic heterocycles. The molecule has 3 aromatic carbocycles. The van der Waals surface area contributed by atoms with E-state index >= 15 is 0 Å². The minimum absolute atomic E-state index is 0.00105. The van der Waals surface area contributed by atoms with Crippen LogP contribution in [0.4, 0.5) is 4.39 Å². The highest BCUT2D eigenvalue weighted by atomic mass is 35.5. The van der Waals surface area contributed by atoms with Crippen molar-refractivity contribution in [3.63, 3.8) is 0 Å². The summed E-state index contributed by atoms with van der Waals surface area (Å²) in [5.41, 5.74) is 1.03. The van der Waals surface area contributed by atoms with E-state index < -0.39 is 11.4 Å². The Hall–Kier alpha value is -2.56. The van der Waals surface area contributed by atoms with Gasteiger partial charge in [0.1, 0.15) is 11.6 Å². The molecule has 3 nitrogen and oxygen atoms in total. The molecule has 0 saturated carbocycles. The van der Waals surface area contributed by atoms with Gasteiger partial charge in [0.2, 0.25) is 0 Å². The van der Waals surface area contributed by atoms with Gasteiger partial charge in [0.15, 0.2) is 5.60 Å². The number of hydrogen-bond acceptors (Lipinski definition) is 2. The van der Waals surface area contributed by atoms with E-state index in [1.54, 1.807) is 13.8 Å². The van der Waals surface area contributed by atoms with Gasteiger partial charge in [-0.05, 0) is 62.6 Å². The van der Waals surface area contributed by atoms with Crippen LogP contribution in [0.5, 0.6) is 5.75 Å². The molecule has 0 saturated heterocycles. The lowest BCUT2D eigenvalue weighted by Gasteiger charge is -2.31. The standard InChI is InChI=1S/C26H26Cl2FNO2/c1-17(30-25(31)26(2,3)32-21-13-14-23(28)24(29)16-21)22(19-7-5-4-6-8-19)15-18-9-11-20(27)12-10-18/h4-14,16-17,22H,15H2,1-3H3,(H,30,31)/t17-,22?/m0/s1. The first-order chi connectivity index (χ1) is 15.2. The maximum atomic E-state index is 13.8. The van der Waals surface area contributed by atoms with Crippen molar-refractivity contribution >= 4 is 29.1 Å². The van der Waals surface area contributed by atoms with Gasteiger partial charge in [-0.3, -0.25) is 4.79 Å². The molecule has 0 aliphatic rings. The molecule has 1 unspecified atom stereocenters. The molecule has 2 atom stereocenters. The Kier molecular flexibility index (Phi) is 7.81. The van der Waals surface area contributed by atoms with Crippen molar-refractivity contribution in [3.8, 4) is 5.75 Å². The summed E-state index contributed by atoms with van der Waals surface area (Å²) in [4.78, 5) is 13.1. The summed E-state index contributed by atoms with van der Waals surface area (Å²) in [5, 5.41) is 3.77. The summed E-state index contributed by atoms with van der Waals surface area (Å²) < 4.78 is 19.6. The third kappa shape index (κ3) is 6.24. The number of carbonyl (C=O) groups excluding carboxylic acids is 1. The highest BCUT2D eigenvalue weighted by Crippen LogP contribution is 2.27. The van der Waals surface area contributed by atoms with Crippen molar-refractivity contribution < 1.29 is 13.9 Å². The van der Waals surface area contributed by atoms with Gasteiger partial charge in [0.25, 0.3) is 5.91 Å². The van der Waals surface area contributed by atoms with Crippen LogP contribution in [0.1, 0.15) is 37.8 Å². The predicted octanol–water partition coefficient (Wildman–Crippen LogP) is 6.82. The average Bonchev–Trinajstić information content (AvgIpc) is 2.76. The summed E-state index contributed by atoms with van der Waals surface area (Å²) in [6, 6.07) is 21.7. The van der Waals surface area contributed by atoms with E-state index in [1.807, 2.05) is 49.4 Å². The molecule has 3 aromatic rings. The third-order valence-corrected chi connectivity index (χ3v) is 5.93. The van der Waals surface area contributed by atoms with Crippen LogP contribution in [-0.2, 0) is 11.2 Å². The second-order valence-electron chi connectivity index (χ2n) is 8.30. The summed E-state index contributed by atoms with van der Waals surface area (Å²) in [7, 11) is 0. The van der Waals surface area contributed by atoms with Crippen LogP contribution in [0.25, 0.3) is 0 Å². The van der Waals surface area contributed by atoms with Crippen molar-refractivity contribution in [1.82, 2.24) is 5.32 Å². The van der Waals surface area contributed by atoms with Crippen molar-refractivity contribution in [2.24, 2.45) is 0 Å². The minimum Gasteiger partial charge on any atom is -0.478 e. The second-order valence-corrected chi connectivity index (χ2v) is 9.14. The Bertz CT molecular complexity index is 1060. The Morgan fingerprint density at radius 2 is 1.69 bits per heavy atom. The highest BCUT2D eigenvalue weighted by molar-refractivity contribution is 6.30. The van der Waals surface area contributed by atoms with Crippen molar-refractivity contribution in [1.29, 1.82) is 0 Å². The molecule has 0 aliphatic carbocycles. The zero-order valence-corrected chi connectivity index (χ0v) is 19.8. The van der Waals surface area contributed by atoms with Gasteiger partial charge in [-0.25, -0.2) is 4.39 Å². The van der Waals surface area contributed by atoms with Gasteiger partial charge < -0.3 is 10.1 Å². The van der Waals surface area contributed by atoms with Crippen LogP contribution >= 0.6 is 23.2 Å². The van der Waals surface area contributed by atoms with Gasteiger partial charge >= 0.3 is 0 Å². The molecule has 6 heteroatoms.